The lowest BCUT2D eigenvalue weighted by Gasteiger charge is -2.44. The number of aromatic nitrogens is 1. The monoisotopic (exact) mass is 497 g/mol. The van der Waals surface area contributed by atoms with Crippen molar-refractivity contribution in [2.75, 3.05) is 20.8 Å². The van der Waals surface area contributed by atoms with Gasteiger partial charge in [-0.05, 0) is 48.7 Å². The molecule has 3 aromatic carbocycles. The molecule has 1 aliphatic heterocycles. The summed E-state index contributed by atoms with van der Waals surface area (Å²) in [6, 6.07) is 25.3. The second-order valence-electron chi connectivity index (χ2n) is 9.51. The highest BCUT2D eigenvalue weighted by Crippen LogP contribution is 2.33. The number of para-hydroxylation sites is 1. The van der Waals surface area contributed by atoms with Crippen LogP contribution in [0.25, 0.3) is 10.9 Å². The Morgan fingerprint density at radius 1 is 0.919 bits per heavy atom. The molecule has 0 radical (unpaired) electrons. The average Bonchev–Trinajstić information content (AvgIpc) is 3.30. The number of fused-ring (bicyclic) bond motifs is 3. The van der Waals surface area contributed by atoms with E-state index in [2.05, 4.69) is 5.32 Å². The summed E-state index contributed by atoms with van der Waals surface area (Å²) < 4.78 is 12.8. The number of rotatable bonds is 8. The van der Waals surface area contributed by atoms with E-state index in [-0.39, 0.29) is 11.8 Å². The van der Waals surface area contributed by atoms with E-state index in [0.717, 1.165) is 22.0 Å². The van der Waals surface area contributed by atoms with Crippen LogP contribution in [0.1, 0.15) is 28.5 Å². The summed E-state index contributed by atoms with van der Waals surface area (Å²) in [5.74, 6) is 0.948. The Balaban J connectivity index is 1.47. The molecule has 0 bridgehead atoms. The third-order valence-corrected chi connectivity index (χ3v) is 7.19. The molecule has 4 aromatic rings. The third kappa shape index (κ3) is 4.53. The van der Waals surface area contributed by atoms with Crippen molar-refractivity contribution < 1.29 is 19.1 Å². The summed E-state index contributed by atoms with van der Waals surface area (Å²) in [5, 5.41) is 4.07. The first-order valence-electron chi connectivity index (χ1n) is 12.4. The van der Waals surface area contributed by atoms with Gasteiger partial charge in [0.2, 0.25) is 5.91 Å². The molecule has 7 heteroatoms. The largest absolute Gasteiger partial charge is 0.493 e. The first-order chi connectivity index (χ1) is 17.9. The van der Waals surface area contributed by atoms with Gasteiger partial charge in [-0.25, -0.2) is 0 Å². The molecule has 5 rings (SSSR count). The van der Waals surface area contributed by atoms with E-state index >= 15 is 0 Å². The summed E-state index contributed by atoms with van der Waals surface area (Å²) in [4.78, 5) is 29.4. The fourth-order valence-electron chi connectivity index (χ4n) is 5.10. The lowest BCUT2D eigenvalue weighted by atomic mass is 9.93. The lowest BCUT2D eigenvalue weighted by molar-refractivity contribution is -0.133. The van der Waals surface area contributed by atoms with E-state index in [1.165, 1.54) is 0 Å². The van der Waals surface area contributed by atoms with Crippen LogP contribution in [0.3, 0.4) is 0 Å². The van der Waals surface area contributed by atoms with Gasteiger partial charge in [0.15, 0.2) is 11.5 Å². The maximum atomic E-state index is 13.9. The minimum Gasteiger partial charge on any atom is -0.493 e. The van der Waals surface area contributed by atoms with Gasteiger partial charge in [0.1, 0.15) is 11.2 Å². The van der Waals surface area contributed by atoms with Crippen molar-refractivity contribution in [3.63, 3.8) is 0 Å². The number of benzene rings is 3. The number of carbonyl (C=O) groups is 2. The number of hydrogen-bond acceptors (Lipinski definition) is 4. The van der Waals surface area contributed by atoms with Crippen molar-refractivity contribution >= 4 is 22.7 Å². The number of methoxy groups -OCH3 is 2. The second kappa shape index (κ2) is 10.0. The second-order valence-corrected chi connectivity index (χ2v) is 9.51. The fraction of sp³-hybridized carbons (Fsp3) is 0.267. The van der Waals surface area contributed by atoms with Crippen LogP contribution in [0.15, 0.2) is 78.9 Å². The fourth-order valence-corrected chi connectivity index (χ4v) is 5.10. The van der Waals surface area contributed by atoms with Crippen LogP contribution in [0.5, 0.6) is 11.5 Å². The minimum absolute atomic E-state index is 0.153. The number of hydrogen-bond donors (Lipinski definition) is 1. The van der Waals surface area contributed by atoms with Gasteiger partial charge in [-0.3, -0.25) is 9.59 Å². The zero-order valence-electron chi connectivity index (χ0n) is 21.4. The Kier molecular flexibility index (Phi) is 6.61. The number of nitrogens with zero attached hydrogens (tertiary/aromatic N) is 2. The van der Waals surface area contributed by atoms with E-state index in [1.54, 1.807) is 19.1 Å². The number of amides is 2. The first kappa shape index (κ1) is 24.4. The quantitative estimate of drug-likeness (QED) is 0.391. The molecule has 2 heterocycles. The van der Waals surface area contributed by atoms with Gasteiger partial charge < -0.3 is 24.3 Å². The highest BCUT2D eigenvalue weighted by molar-refractivity contribution is 6.03. The van der Waals surface area contributed by atoms with Crippen LogP contribution in [0, 0.1) is 0 Å². The predicted octanol–water partition coefficient (Wildman–Crippen LogP) is 4.43. The lowest BCUT2D eigenvalue weighted by Crippen LogP contribution is -2.64. The molecule has 37 heavy (non-hydrogen) atoms. The highest BCUT2D eigenvalue weighted by Gasteiger charge is 2.47. The van der Waals surface area contributed by atoms with Crippen molar-refractivity contribution in [1.82, 2.24) is 14.8 Å². The van der Waals surface area contributed by atoms with E-state index in [0.29, 0.717) is 43.2 Å². The molecule has 0 aliphatic carbocycles. The number of carbonyl (C=O) groups excluding carboxylic acids is 2. The van der Waals surface area contributed by atoms with Gasteiger partial charge in [0.05, 0.1) is 20.8 Å². The van der Waals surface area contributed by atoms with E-state index < -0.39 is 5.54 Å². The van der Waals surface area contributed by atoms with Gasteiger partial charge in [-0.1, -0.05) is 54.6 Å². The molecule has 190 valence electrons. The molecule has 1 atom stereocenters. The topological polar surface area (TPSA) is 72.8 Å². The summed E-state index contributed by atoms with van der Waals surface area (Å²) in [6.45, 7) is 3.00. The van der Waals surface area contributed by atoms with Gasteiger partial charge >= 0.3 is 0 Å². The molecule has 1 N–H and O–H groups in total. The Morgan fingerprint density at radius 2 is 1.65 bits per heavy atom. The van der Waals surface area contributed by atoms with Gasteiger partial charge in [-0.2, -0.15) is 0 Å². The Bertz CT molecular complexity index is 1450. The molecule has 0 fully saturated rings. The molecule has 1 aliphatic rings. The molecule has 7 nitrogen and oxygen atoms in total. The Labute approximate surface area is 216 Å². The van der Waals surface area contributed by atoms with Gasteiger partial charge in [-0.15, -0.1) is 0 Å². The number of ether oxygens (including phenoxy) is 2. The van der Waals surface area contributed by atoms with Crippen molar-refractivity contribution in [3.8, 4) is 11.5 Å². The predicted molar refractivity (Wildman–Crippen MR) is 143 cm³/mol. The van der Waals surface area contributed by atoms with Crippen LogP contribution in [-0.2, 0) is 24.3 Å². The Hall–Kier alpha value is -4.26. The third-order valence-electron chi connectivity index (χ3n) is 7.19. The molecule has 0 unspecified atom stereocenters. The molecule has 1 aromatic heterocycles. The standard InChI is InChI=1S/C30H31N3O4/c1-30(29(35)31-19-22-9-5-4-6-10-22)20-32-24-12-8-7-11-23(24)18-25(32)28(34)33(30)16-15-21-13-14-26(36-2)27(17-21)37-3/h4-14,17-18H,15-16,19-20H2,1-3H3,(H,31,35)/t30-/m1/s1. The zero-order chi connectivity index (χ0) is 26.0. The van der Waals surface area contributed by atoms with Crippen molar-refractivity contribution in [1.29, 1.82) is 0 Å². The van der Waals surface area contributed by atoms with Crippen LogP contribution in [0.4, 0.5) is 0 Å². The summed E-state index contributed by atoms with van der Waals surface area (Å²) >= 11 is 0. The maximum Gasteiger partial charge on any atom is 0.271 e. The van der Waals surface area contributed by atoms with Crippen molar-refractivity contribution in [2.24, 2.45) is 0 Å². The van der Waals surface area contributed by atoms with Crippen molar-refractivity contribution in [3.05, 3.63) is 95.7 Å². The minimum atomic E-state index is -1.07. The molecular formula is C30H31N3O4. The van der Waals surface area contributed by atoms with Crippen molar-refractivity contribution in [2.45, 2.75) is 32.0 Å². The SMILES string of the molecule is COc1ccc(CCN2C(=O)c3cc4ccccc4n3C[C@]2(C)C(=O)NCc2ccccc2)cc1OC. The average molecular weight is 498 g/mol. The highest BCUT2D eigenvalue weighted by atomic mass is 16.5. The number of nitrogens with one attached hydrogen (secondary N) is 1. The van der Waals surface area contributed by atoms with E-state index in [4.69, 9.17) is 9.47 Å². The Morgan fingerprint density at radius 3 is 2.41 bits per heavy atom. The summed E-state index contributed by atoms with van der Waals surface area (Å²) in [5.41, 5.74) is 2.47. The molecule has 0 spiro atoms. The van der Waals surface area contributed by atoms with E-state index in [9.17, 15) is 9.59 Å². The summed E-state index contributed by atoms with van der Waals surface area (Å²) in [6.07, 6.45) is 0.563. The summed E-state index contributed by atoms with van der Waals surface area (Å²) in [7, 11) is 3.20. The van der Waals surface area contributed by atoms with Gasteiger partial charge in [0, 0.05) is 24.0 Å². The molecule has 2 amide bonds. The first-order valence-corrected chi connectivity index (χ1v) is 12.4. The van der Waals surface area contributed by atoms with Crippen LogP contribution in [-0.4, -0.2) is 47.6 Å². The van der Waals surface area contributed by atoms with Crippen LogP contribution in [0.2, 0.25) is 0 Å². The molecule has 0 saturated carbocycles. The van der Waals surface area contributed by atoms with Crippen LogP contribution < -0.4 is 14.8 Å². The normalized spacial score (nSPS) is 16.9. The maximum absolute atomic E-state index is 13.9. The zero-order valence-corrected chi connectivity index (χ0v) is 21.4. The van der Waals surface area contributed by atoms with Crippen LogP contribution >= 0.6 is 0 Å². The smallest absolute Gasteiger partial charge is 0.271 e. The van der Waals surface area contributed by atoms with E-state index in [1.807, 2.05) is 90.4 Å². The van der Waals surface area contributed by atoms with Gasteiger partial charge in [0.25, 0.3) is 5.91 Å². The molecular weight excluding hydrogens is 466 g/mol. The molecule has 0 saturated heterocycles.